The van der Waals surface area contributed by atoms with Crippen LogP contribution in [0, 0.1) is 6.92 Å². The van der Waals surface area contributed by atoms with Gasteiger partial charge in [0, 0.05) is 11.0 Å². The smallest absolute Gasteiger partial charge is 0.0448 e. The zero-order valence-electron chi connectivity index (χ0n) is 13.1. The van der Waals surface area contributed by atoms with E-state index in [1.807, 2.05) is 12.1 Å². The van der Waals surface area contributed by atoms with Gasteiger partial charge in [-0.3, -0.25) is 0 Å². The zero-order chi connectivity index (χ0) is 16.1. The topological polar surface area (TPSA) is 0 Å². The van der Waals surface area contributed by atoms with Gasteiger partial charge >= 0.3 is 0 Å². The molecule has 0 bridgehead atoms. The molecule has 1 heteroatoms. The number of hydrogen-bond acceptors (Lipinski definition) is 0. The standard InChI is InChI=1S/C22H19Cl/c1-17-12-14-20(15-13-17)22(23)16-21(18-8-4-2-5-9-18)19-10-6-3-7-11-19/h2-16,21H,1H3/b22-16-. The summed E-state index contributed by atoms with van der Waals surface area (Å²) in [5, 5.41) is 0.780. The van der Waals surface area contributed by atoms with Crippen LogP contribution in [0.1, 0.15) is 28.2 Å². The molecule has 0 aliphatic rings. The third-order valence-corrected chi connectivity index (χ3v) is 4.30. The lowest BCUT2D eigenvalue weighted by Gasteiger charge is -2.15. The van der Waals surface area contributed by atoms with E-state index in [9.17, 15) is 0 Å². The van der Waals surface area contributed by atoms with Crippen molar-refractivity contribution in [1.29, 1.82) is 0 Å². The van der Waals surface area contributed by atoms with Crippen molar-refractivity contribution in [3.63, 3.8) is 0 Å². The summed E-state index contributed by atoms with van der Waals surface area (Å²) in [4.78, 5) is 0. The quantitative estimate of drug-likeness (QED) is 0.521. The van der Waals surface area contributed by atoms with Crippen molar-refractivity contribution < 1.29 is 0 Å². The number of allylic oxidation sites excluding steroid dienone is 1. The van der Waals surface area contributed by atoms with Crippen LogP contribution >= 0.6 is 11.6 Å². The van der Waals surface area contributed by atoms with Crippen LogP contribution in [0.4, 0.5) is 0 Å². The first-order valence-corrected chi connectivity index (χ1v) is 8.16. The van der Waals surface area contributed by atoms with E-state index < -0.39 is 0 Å². The van der Waals surface area contributed by atoms with Gasteiger partial charge in [0.25, 0.3) is 0 Å². The fourth-order valence-corrected chi connectivity index (χ4v) is 2.91. The number of rotatable bonds is 4. The summed E-state index contributed by atoms with van der Waals surface area (Å²) in [5.74, 6) is 0.145. The SMILES string of the molecule is Cc1ccc(/C(Cl)=C/C(c2ccccc2)c2ccccc2)cc1. The summed E-state index contributed by atoms with van der Waals surface area (Å²) in [6.07, 6.45) is 2.14. The average molecular weight is 319 g/mol. The molecule has 0 unspecified atom stereocenters. The Morgan fingerprint density at radius 1 is 0.739 bits per heavy atom. The fourth-order valence-electron chi connectivity index (χ4n) is 2.66. The number of aryl methyl sites for hydroxylation is 1. The first-order valence-electron chi connectivity index (χ1n) is 7.78. The minimum Gasteiger partial charge on any atom is -0.0840 e. The van der Waals surface area contributed by atoms with Crippen LogP contribution < -0.4 is 0 Å². The lowest BCUT2D eigenvalue weighted by Crippen LogP contribution is -1.98. The molecule has 0 atom stereocenters. The van der Waals surface area contributed by atoms with Crippen LogP contribution in [-0.4, -0.2) is 0 Å². The first-order chi connectivity index (χ1) is 11.2. The second-order valence-corrected chi connectivity index (χ2v) is 6.09. The number of benzene rings is 3. The maximum atomic E-state index is 6.61. The van der Waals surface area contributed by atoms with Crippen LogP contribution in [0.25, 0.3) is 5.03 Å². The molecule has 0 radical (unpaired) electrons. The van der Waals surface area contributed by atoms with Gasteiger partial charge in [-0.2, -0.15) is 0 Å². The van der Waals surface area contributed by atoms with Crippen molar-refractivity contribution in [1.82, 2.24) is 0 Å². The van der Waals surface area contributed by atoms with Crippen molar-refractivity contribution >= 4 is 16.6 Å². The van der Waals surface area contributed by atoms with Crippen molar-refractivity contribution in [2.24, 2.45) is 0 Å². The van der Waals surface area contributed by atoms with E-state index in [1.54, 1.807) is 0 Å². The maximum Gasteiger partial charge on any atom is 0.0448 e. The highest BCUT2D eigenvalue weighted by atomic mass is 35.5. The molecular weight excluding hydrogens is 300 g/mol. The van der Waals surface area contributed by atoms with Gasteiger partial charge in [-0.25, -0.2) is 0 Å². The molecule has 0 N–H and O–H groups in total. The van der Waals surface area contributed by atoms with Gasteiger partial charge in [-0.05, 0) is 23.6 Å². The molecule has 0 spiro atoms. The first kappa shape index (κ1) is 15.6. The highest BCUT2D eigenvalue weighted by molar-refractivity contribution is 6.48. The van der Waals surface area contributed by atoms with Crippen LogP contribution in [0.3, 0.4) is 0 Å². The number of hydrogen-bond donors (Lipinski definition) is 0. The molecule has 0 heterocycles. The number of halogens is 1. The van der Waals surface area contributed by atoms with Gasteiger partial charge in [-0.1, -0.05) is 108 Å². The minimum absolute atomic E-state index is 0.145. The molecule has 0 aromatic heterocycles. The third-order valence-electron chi connectivity index (χ3n) is 3.96. The van der Waals surface area contributed by atoms with E-state index >= 15 is 0 Å². The molecule has 0 nitrogen and oxygen atoms in total. The van der Waals surface area contributed by atoms with E-state index in [4.69, 9.17) is 11.6 Å². The van der Waals surface area contributed by atoms with Gasteiger partial charge in [0.15, 0.2) is 0 Å². The molecule has 3 aromatic carbocycles. The Morgan fingerprint density at radius 3 is 1.70 bits per heavy atom. The highest BCUT2D eigenvalue weighted by Crippen LogP contribution is 2.31. The monoisotopic (exact) mass is 318 g/mol. The summed E-state index contributed by atoms with van der Waals surface area (Å²) in [6.45, 7) is 2.08. The summed E-state index contributed by atoms with van der Waals surface area (Å²) < 4.78 is 0. The normalized spacial score (nSPS) is 11.7. The molecule has 3 rings (SSSR count). The van der Waals surface area contributed by atoms with E-state index in [1.165, 1.54) is 16.7 Å². The predicted octanol–water partition coefficient (Wildman–Crippen LogP) is 6.41. The molecule has 23 heavy (non-hydrogen) atoms. The highest BCUT2D eigenvalue weighted by Gasteiger charge is 2.12. The second kappa shape index (κ2) is 7.30. The molecule has 114 valence electrons. The van der Waals surface area contributed by atoms with Crippen molar-refractivity contribution in [2.75, 3.05) is 0 Å². The Bertz CT molecular complexity index is 732. The van der Waals surface area contributed by atoms with Crippen molar-refractivity contribution in [3.8, 4) is 0 Å². The molecular formula is C22H19Cl. The van der Waals surface area contributed by atoms with Crippen molar-refractivity contribution in [3.05, 3.63) is 113 Å². The summed E-state index contributed by atoms with van der Waals surface area (Å²) in [6, 6.07) is 29.3. The molecule has 0 amide bonds. The van der Waals surface area contributed by atoms with Gasteiger partial charge in [0.1, 0.15) is 0 Å². The molecule has 0 saturated carbocycles. The van der Waals surface area contributed by atoms with E-state index in [0.29, 0.717) is 0 Å². The molecule has 0 aliphatic carbocycles. The molecule has 0 saturated heterocycles. The van der Waals surface area contributed by atoms with Crippen LogP contribution in [0.5, 0.6) is 0 Å². The Labute approximate surface area is 143 Å². The van der Waals surface area contributed by atoms with Gasteiger partial charge in [0.05, 0.1) is 0 Å². The Hall–Kier alpha value is -2.31. The van der Waals surface area contributed by atoms with Crippen LogP contribution in [0.2, 0.25) is 0 Å². The van der Waals surface area contributed by atoms with E-state index in [0.717, 1.165) is 10.6 Å². The predicted molar refractivity (Wildman–Crippen MR) is 99.7 cm³/mol. The summed E-state index contributed by atoms with van der Waals surface area (Å²) in [5.41, 5.74) is 4.77. The Morgan fingerprint density at radius 2 is 1.22 bits per heavy atom. The zero-order valence-corrected chi connectivity index (χ0v) is 13.9. The van der Waals surface area contributed by atoms with Gasteiger partial charge in [0.2, 0.25) is 0 Å². The largest absolute Gasteiger partial charge is 0.0840 e. The van der Waals surface area contributed by atoms with Crippen LogP contribution in [-0.2, 0) is 0 Å². The van der Waals surface area contributed by atoms with E-state index in [-0.39, 0.29) is 5.92 Å². The fraction of sp³-hybridized carbons (Fsp3) is 0.0909. The molecule has 3 aromatic rings. The van der Waals surface area contributed by atoms with Gasteiger partial charge < -0.3 is 0 Å². The molecule has 0 aliphatic heterocycles. The lowest BCUT2D eigenvalue weighted by atomic mass is 9.90. The van der Waals surface area contributed by atoms with Gasteiger partial charge in [-0.15, -0.1) is 0 Å². The third kappa shape index (κ3) is 3.91. The van der Waals surface area contributed by atoms with E-state index in [2.05, 4.69) is 85.8 Å². The van der Waals surface area contributed by atoms with Crippen LogP contribution in [0.15, 0.2) is 91.0 Å². The maximum absolute atomic E-state index is 6.61. The lowest BCUT2D eigenvalue weighted by molar-refractivity contribution is 1.03. The average Bonchev–Trinajstić information content (AvgIpc) is 2.61. The summed E-state index contributed by atoms with van der Waals surface area (Å²) >= 11 is 6.61. The molecule has 0 fully saturated rings. The Kier molecular flexibility index (Phi) is 4.95. The summed E-state index contributed by atoms with van der Waals surface area (Å²) in [7, 11) is 0. The van der Waals surface area contributed by atoms with Crippen molar-refractivity contribution in [2.45, 2.75) is 12.8 Å². The second-order valence-electron chi connectivity index (χ2n) is 5.68. The Balaban J connectivity index is 2.02. The minimum atomic E-state index is 0.145.